The molecule has 0 saturated carbocycles. The quantitative estimate of drug-likeness (QED) is 0.564. The van der Waals surface area contributed by atoms with E-state index in [2.05, 4.69) is 0 Å². The fraction of sp³-hybridized carbons (Fsp3) is 0.625. The molecular formula is C16H24BF2O5P. The van der Waals surface area contributed by atoms with Gasteiger partial charge in [0.2, 0.25) is 0 Å². The molecule has 1 fully saturated rings. The summed E-state index contributed by atoms with van der Waals surface area (Å²) in [5.41, 5.74) is -1.83. The molecule has 0 aromatic heterocycles. The van der Waals surface area contributed by atoms with E-state index in [0.29, 0.717) is 0 Å². The molecule has 1 heterocycles. The highest BCUT2D eigenvalue weighted by Crippen LogP contribution is 2.47. The predicted octanol–water partition coefficient (Wildman–Crippen LogP) is 3.16. The van der Waals surface area contributed by atoms with Crippen LogP contribution in [0.4, 0.5) is 8.78 Å². The van der Waals surface area contributed by atoms with Gasteiger partial charge in [-0.05, 0) is 53.7 Å². The highest BCUT2D eigenvalue weighted by atomic mass is 31.2. The van der Waals surface area contributed by atoms with Gasteiger partial charge in [0.25, 0.3) is 0 Å². The molecule has 0 aliphatic carbocycles. The smallest absolute Gasteiger partial charge is 0.399 e. The van der Waals surface area contributed by atoms with Crippen LogP contribution in [0.25, 0.3) is 0 Å². The van der Waals surface area contributed by atoms with Gasteiger partial charge in [-0.15, -0.1) is 0 Å². The van der Waals surface area contributed by atoms with E-state index >= 15 is 0 Å². The molecule has 9 heteroatoms. The van der Waals surface area contributed by atoms with Crippen molar-refractivity contribution in [2.75, 3.05) is 13.2 Å². The highest BCUT2D eigenvalue weighted by Gasteiger charge is 2.53. The molecule has 2 rings (SSSR count). The molecule has 0 amide bonds. The molecule has 0 bridgehead atoms. The lowest BCUT2D eigenvalue weighted by Gasteiger charge is -2.32. The van der Waals surface area contributed by atoms with Gasteiger partial charge in [-0.3, -0.25) is 4.57 Å². The monoisotopic (exact) mass is 376 g/mol. The number of hydrogen-bond donors (Lipinski definition) is 0. The first-order valence-electron chi connectivity index (χ1n) is 8.21. The summed E-state index contributed by atoms with van der Waals surface area (Å²) in [6.07, 6.45) is 0. The number of benzene rings is 1. The second-order valence-corrected chi connectivity index (χ2v) is 8.77. The van der Waals surface area contributed by atoms with Gasteiger partial charge in [0, 0.05) is 0 Å². The standard InChI is InChI=1S/C16H24BF2O5P/c1-7-21-25(20,22-8-2)11-9-12(18)14(13(19)10-11)17-23-15(3,4)16(5,6)24-17/h9-10H,7-8H2,1-6H3. The summed E-state index contributed by atoms with van der Waals surface area (Å²) in [7, 11) is -4.99. The maximum absolute atomic E-state index is 14.6. The van der Waals surface area contributed by atoms with Crippen molar-refractivity contribution in [1.29, 1.82) is 0 Å². The van der Waals surface area contributed by atoms with Crippen LogP contribution in [-0.2, 0) is 22.9 Å². The minimum atomic E-state index is -3.79. The third-order valence-corrected chi connectivity index (χ3v) is 6.55. The summed E-state index contributed by atoms with van der Waals surface area (Å²) in [5, 5.41) is -0.175. The van der Waals surface area contributed by atoms with E-state index in [0.717, 1.165) is 12.1 Å². The van der Waals surface area contributed by atoms with Crippen molar-refractivity contribution in [3.63, 3.8) is 0 Å². The Bertz CT molecular complexity index is 646. The Morgan fingerprint density at radius 3 is 1.76 bits per heavy atom. The first kappa shape index (κ1) is 20.5. The van der Waals surface area contributed by atoms with Gasteiger partial charge in [0.05, 0.1) is 35.2 Å². The molecule has 0 radical (unpaired) electrons. The van der Waals surface area contributed by atoms with E-state index in [9.17, 15) is 13.3 Å². The van der Waals surface area contributed by atoms with Gasteiger partial charge in [-0.2, -0.15) is 0 Å². The van der Waals surface area contributed by atoms with Gasteiger partial charge in [0.1, 0.15) is 11.6 Å². The van der Waals surface area contributed by atoms with Crippen molar-refractivity contribution in [2.45, 2.75) is 52.7 Å². The van der Waals surface area contributed by atoms with Crippen LogP contribution in [0.15, 0.2) is 12.1 Å². The van der Waals surface area contributed by atoms with Crippen molar-refractivity contribution in [3.8, 4) is 0 Å². The molecular weight excluding hydrogens is 352 g/mol. The summed E-state index contributed by atoms with van der Waals surface area (Å²) in [6.45, 7) is 10.6. The Balaban J connectivity index is 2.44. The van der Waals surface area contributed by atoms with Gasteiger partial charge in [0.15, 0.2) is 0 Å². The first-order chi connectivity index (χ1) is 11.5. The molecule has 1 aliphatic rings. The SMILES string of the molecule is CCOP(=O)(OCC)c1cc(F)c(B2OC(C)(C)C(C)(C)O2)c(F)c1. The summed E-state index contributed by atoms with van der Waals surface area (Å²) in [6, 6.07) is 1.91. The lowest BCUT2D eigenvalue weighted by Crippen LogP contribution is -2.41. The summed E-state index contributed by atoms with van der Waals surface area (Å²) >= 11 is 0. The Kier molecular flexibility index (Phi) is 5.82. The van der Waals surface area contributed by atoms with Crippen molar-refractivity contribution < 1.29 is 31.7 Å². The molecule has 0 atom stereocenters. The highest BCUT2D eigenvalue weighted by molar-refractivity contribution is 7.62. The summed E-state index contributed by atoms with van der Waals surface area (Å²) < 4.78 is 63.7. The number of halogens is 2. The molecule has 0 N–H and O–H groups in total. The predicted molar refractivity (Wildman–Crippen MR) is 92.6 cm³/mol. The average molecular weight is 376 g/mol. The van der Waals surface area contributed by atoms with E-state index < -0.39 is 37.6 Å². The normalized spacial score (nSPS) is 19.4. The molecule has 0 unspecified atom stereocenters. The Morgan fingerprint density at radius 2 is 1.40 bits per heavy atom. The maximum Gasteiger partial charge on any atom is 0.500 e. The van der Waals surface area contributed by atoms with Crippen LogP contribution in [0.5, 0.6) is 0 Å². The third-order valence-electron chi connectivity index (χ3n) is 4.47. The van der Waals surface area contributed by atoms with Gasteiger partial charge >= 0.3 is 14.7 Å². The van der Waals surface area contributed by atoms with Gasteiger partial charge in [-0.25, -0.2) is 8.78 Å². The molecule has 1 saturated heterocycles. The van der Waals surface area contributed by atoms with Crippen molar-refractivity contribution >= 4 is 25.5 Å². The van der Waals surface area contributed by atoms with Crippen LogP contribution in [0.1, 0.15) is 41.5 Å². The lowest BCUT2D eigenvalue weighted by atomic mass is 9.78. The Morgan fingerprint density at radius 1 is 1.00 bits per heavy atom. The van der Waals surface area contributed by atoms with Crippen LogP contribution < -0.4 is 10.8 Å². The Hall–Kier alpha value is -0.785. The number of hydrogen-bond acceptors (Lipinski definition) is 5. The zero-order valence-corrected chi connectivity index (χ0v) is 16.3. The molecule has 140 valence electrons. The Labute approximate surface area is 147 Å². The molecule has 5 nitrogen and oxygen atoms in total. The van der Waals surface area contributed by atoms with Crippen molar-refractivity contribution in [3.05, 3.63) is 23.8 Å². The van der Waals surface area contributed by atoms with E-state index in [1.165, 1.54) is 0 Å². The van der Waals surface area contributed by atoms with Crippen LogP contribution in [0.3, 0.4) is 0 Å². The first-order valence-corrected chi connectivity index (χ1v) is 9.76. The average Bonchev–Trinajstić information content (AvgIpc) is 2.66. The molecule has 1 aromatic carbocycles. The molecule has 0 spiro atoms. The zero-order chi connectivity index (χ0) is 19.0. The second-order valence-electron chi connectivity index (χ2n) is 6.74. The van der Waals surface area contributed by atoms with E-state index in [4.69, 9.17) is 18.4 Å². The maximum atomic E-state index is 14.6. The van der Waals surface area contributed by atoms with Crippen molar-refractivity contribution in [2.24, 2.45) is 0 Å². The molecule has 1 aromatic rings. The molecule has 1 aliphatic heterocycles. The minimum absolute atomic E-state index is 0.0828. The number of rotatable bonds is 6. The lowest BCUT2D eigenvalue weighted by molar-refractivity contribution is 0.00578. The van der Waals surface area contributed by atoms with Gasteiger partial charge in [-0.1, -0.05) is 0 Å². The topological polar surface area (TPSA) is 54.0 Å². The van der Waals surface area contributed by atoms with Gasteiger partial charge < -0.3 is 18.4 Å². The van der Waals surface area contributed by atoms with Crippen LogP contribution in [0, 0.1) is 11.6 Å². The van der Waals surface area contributed by atoms with E-state index in [1.807, 2.05) is 0 Å². The fourth-order valence-electron chi connectivity index (χ4n) is 2.44. The third kappa shape index (κ3) is 3.83. The van der Waals surface area contributed by atoms with E-state index in [1.54, 1.807) is 41.5 Å². The second kappa shape index (κ2) is 7.08. The van der Waals surface area contributed by atoms with E-state index in [-0.39, 0.29) is 24.0 Å². The van der Waals surface area contributed by atoms with Crippen LogP contribution in [-0.4, -0.2) is 31.5 Å². The zero-order valence-electron chi connectivity index (χ0n) is 15.4. The molecule has 25 heavy (non-hydrogen) atoms. The van der Waals surface area contributed by atoms with Crippen molar-refractivity contribution in [1.82, 2.24) is 0 Å². The fourth-order valence-corrected chi connectivity index (χ4v) is 4.04. The van der Waals surface area contributed by atoms with Crippen LogP contribution in [0.2, 0.25) is 0 Å². The van der Waals surface area contributed by atoms with Crippen LogP contribution >= 0.6 is 7.60 Å². The summed E-state index contributed by atoms with van der Waals surface area (Å²) in [5.74, 6) is -1.85. The minimum Gasteiger partial charge on any atom is -0.399 e. The summed E-state index contributed by atoms with van der Waals surface area (Å²) in [4.78, 5) is 0. The largest absolute Gasteiger partial charge is 0.500 e.